The summed E-state index contributed by atoms with van der Waals surface area (Å²) in [6.45, 7) is 5.46. The molecule has 1 amide bonds. The van der Waals surface area contributed by atoms with Crippen LogP contribution in [0.15, 0.2) is 36.5 Å². The fraction of sp³-hybridized carbons (Fsp3) is 0.263. The first-order valence-electron chi connectivity index (χ1n) is 8.64. The van der Waals surface area contributed by atoms with Crippen molar-refractivity contribution < 1.29 is 19.1 Å². The van der Waals surface area contributed by atoms with Crippen LogP contribution in [-0.4, -0.2) is 36.5 Å². The number of carboxylic acid groups (broad SMARTS) is 1. The number of rotatable bonds is 6. The van der Waals surface area contributed by atoms with Gasteiger partial charge in [0.15, 0.2) is 0 Å². The quantitative estimate of drug-likeness (QED) is 0.679. The molecule has 0 aliphatic heterocycles. The zero-order valence-corrected chi connectivity index (χ0v) is 15.7. The summed E-state index contributed by atoms with van der Waals surface area (Å²) in [4.78, 5) is 23.9. The topological polar surface area (TPSA) is 102 Å². The normalized spacial score (nSPS) is 12.0. The molecule has 0 aliphatic rings. The van der Waals surface area contributed by atoms with Gasteiger partial charge >= 0.3 is 5.97 Å². The van der Waals surface area contributed by atoms with Crippen LogP contribution < -0.4 is 5.32 Å². The van der Waals surface area contributed by atoms with Crippen molar-refractivity contribution in [1.29, 1.82) is 0 Å². The van der Waals surface area contributed by atoms with Gasteiger partial charge in [-0.1, -0.05) is 12.1 Å². The SMILES string of the molecule is Cc1nn(Cc2ccc(F)cc2)c(C)c1NC(=O)c1ccnn1C(C)C(=O)O. The lowest BCUT2D eigenvalue weighted by Gasteiger charge is -2.12. The van der Waals surface area contributed by atoms with Crippen molar-refractivity contribution in [2.75, 3.05) is 5.32 Å². The Kier molecular flexibility index (Phi) is 5.25. The second-order valence-electron chi connectivity index (χ2n) is 6.46. The molecule has 0 saturated heterocycles. The molecule has 9 heteroatoms. The third-order valence-electron chi connectivity index (χ3n) is 4.49. The second kappa shape index (κ2) is 7.63. The summed E-state index contributed by atoms with van der Waals surface area (Å²) in [5.41, 5.74) is 2.90. The molecule has 2 heterocycles. The Bertz CT molecular complexity index is 1020. The van der Waals surface area contributed by atoms with Crippen LogP contribution in [0.3, 0.4) is 0 Å². The van der Waals surface area contributed by atoms with Gasteiger partial charge in [0.25, 0.3) is 5.91 Å². The van der Waals surface area contributed by atoms with E-state index in [1.807, 2.05) is 6.92 Å². The molecule has 1 atom stereocenters. The highest BCUT2D eigenvalue weighted by molar-refractivity contribution is 6.04. The number of amides is 1. The predicted molar refractivity (Wildman–Crippen MR) is 99.7 cm³/mol. The average molecular weight is 385 g/mol. The first-order chi connectivity index (χ1) is 13.3. The number of hydrogen-bond acceptors (Lipinski definition) is 4. The Morgan fingerprint density at radius 3 is 2.54 bits per heavy atom. The number of carbonyl (C=O) groups excluding carboxylic acids is 1. The Balaban J connectivity index is 1.83. The molecule has 1 aromatic carbocycles. The van der Waals surface area contributed by atoms with E-state index in [2.05, 4.69) is 15.5 Å². The molecule has 2 N–H and O–H groups in total. The molecule has 0 bridgehead atoms. The first kappa shape index (κ1) is 19.3. The van der Waals surface area contributed by atoms with Gasteiger partial charge in [0, 0.05) is 6.20 Å². The smallest absolute Gasteiger partial charge is 0.328 e. The molecular weight excluding hydrogens is 365 g/mol. The second-order valence-corrected chi connectivity index (χ2v) is 6.46. The monoisotopic (exact) mass is 385 g/mol. The number of aromatic nitrogens is 4. The van der Waals surface area contributed by atoms with E-state index in [0.29, 0.717) is 17.9 Å². The summed E-state index contributed by atoms with van der Waals surface area (Å²) in [6, 6.07) is 6.61. The largest absolute Gasteiger partial charge is 0.480 e. The average Bonchev–Trinajstić information content (AvgIpc) is 3.24. The molecule has 0 fully saturated rings. The Morgan fingerprint density at radius 2 is 1.89 bits per heavy atom. The van der Waals surface area contributed by atoms with Crippen molar-refractivity contribution in [2.24, 2.45) is 0 Å². The zero-order chi connectivity index (χ0) is 20.4. The number of benzene rings is 1. The van der Waals surface area contributed by atoms with Crippen molar-refractivity contribution in [3.63, 3.8) is 0 Å². The molecule has 1 unspecified atom stereocenters. The fourth-order valence-corrected chi connectivity index (χ4v) is 2.88. The van der Waals surface area contributed by atoms with Crippen LogP contribution in [0, 0.1) is 19.7 Å². The molecular formula is C19H20FN5O3. The van der Waals surface area contributed by atoms with E-state index in [1.165, 1.54) is 31.3 Å². The summed E-state index contributed by atoms with van der Waals surface area (Å²) in [6.07, 6.45) is 1.38. The van der Waals surface area contributed by atoms with Crippen LogP contribution >= 0.6 is 0 Å². The lowest BCUT2D eigenvalue weighted by molar-refractivity contribution is -0.140. The van der Waals surface area contributed by atoms with E-state index < -0.39 is 17.9 Å². The number of aryl methyl sites for hydroxylation is 1. The minimum Gasteiger partial charge on any atom is -0.480 e. The highest BCUT2D eigenvalue weighted by Gasteiger charge is 2.23. The maximum atomic E-state index is 13.1. The Hall–Kier alpha value is -3.49. The summed E-state index contributed by atoms with van der Waals surface area (Å²) in [7, 11) is 0. The minimum absolute atomic E-state index is 0.139. The molecule has 2 aromatic heterocycles. The Labute approximate surface area is 160 Å². The van der Waals surface area contributed by atoms with E-state index in [-0.39, 0.29) is 11.5 Å². The highest BCUT2D eigenvalue weighted by Crippen LogP contribution is 2.22. The molecule has 3 rings (SSSR count). The van der Waals surface area contributed by atoms with E-state index >= 15 is 0 Å². The summed E-state index contributed by atoms with van der Waals surface area (Å²) < 4.78 is 16.0. The van der Waals surface area contributed by atoms with Crippen molar-refractivity contribution in [3.05, 3.63) is 65.0 Å². The van der Waals surface area contributed by atoms with Crippen molar-refractivity contribution in [2.45, 2.75) is 33.4 Å². The van der Waals surface area contributed by atoms with Gasteiger partial charge in [-0.3, -0.25) is 9.48 Å². The van der Waals surface area contributed by atoms with E-state index in [1.54, 1.807) is 23.7 Å². The van der Waals surface area contributed by atoms with Crippen LogP contribution in [0.25, 0.3) is 0 Å². The van der Waals surface area contributed by atoms with Gasteiger partial charge in [0.1, 0.15) is 17.6 Å². The third-order valence-corrected chi connectivity index (χ3v) is 4.49. The highest BCUT2D eigenvalue weighted by atomic mass is 19.1. The van der Waals surface area contributed by atoms with Gasteiger partial charge in [0.05, 0.1) is 23.6 Å². The summed E-state index contributed by atoms with van der Waals surface area (Å²) >= 11 is 0. The fourth-order valence-electron chi connectivity index (χ4n) is 2.88. The maximum absolute atomic E-state index is 13.1. The zero-order valence-electron chi connectivity index (χ0n) is 15.7. The van der Waals surface area contributed by atoms with Crippen molar-refractivity contribution in [1.82, 2.24) is 19.6 Å². The van der Waals surface area contributed by atoms with E-state index in [4.69, 9.17) is 5.11 Å². The number of halogens is 1. The number of hydrogen-bond donors (Lipinski definition) is 2. The molecule has 3 aromatic rings. The van der Waals surface area contributed by atoms with Crippen LogP contribution in [0.4, 0.5) is 10.1 Å². The number of aliphatic carboxylic acids is 1. The van der Waals surface area contributed by atoms with Gasteiger partial charge in [-0.2, -0.15) is 10.2 Å². The van der Waals surface area contributed by atoms with Gasteiger partial charge in [-0.05, 0) is 44.5 Å². The molecule has 0 radical (unpaired) electrons. The summed E-state index contributed by atoms with van der Waals surface area (Å²) in [5.74, 6) is -1.87. The molecule has 28 heavy (non-hydrogen) atoms. The van der Waals surface area contributed by atoms with Crippen molar-refractivity contribution in [3.8, 4) is 0 Å². The molecule has 0 aliphatic carbocycles. The van der Waals surface area contributed by atoms with Gasteiger partial charge in [-0.15, -0.1) is 0 Å². The standard InChI is InChI=1S/C19H20FN5O3/c1-11-17(12(2)24(23-11)10-14-4-6-15(20)7-5-14)22-18(26)16-8-9-21-25(16)13(3)19(27)28/h4-9,13H,10H2,1-3H3,(H,22,26)(H,27,28). The predicted octanol–water partition coefficient (Wildman–Crippen LogP) is 2.78. The van der Waals surface area contributed by atoms with Crippen LogP contribution in [0.2, 0.25) is 0 Å². The van der Waals surface area contributed by atoms with Crippen molar-refractivity contribution >= 4 is 17.6 Å². The molecule has 0 spiro atoms. The van der Waals surface area contributed by atoms with Crippen LogP contribution in [0.1, 0.15) is 40.4 Å². The lowest BCUT2D eigenvalue weighted by Crippen LogP contribution is -2.24. The molecule has 0 saturated carbocycles. The van der Waals surface area contributed by atoms with Gasteiger partial charge in [-0.25, -0.2) is 13.9 Å². The van der Waals surface area contributed by atoms with Crippen LogP contribution in [0.5, 0.6) is 0 Å². The maximum Gasteiger partial charge on any atom is 0.328 e. The summed E-state index contributed by atoms with van der Waals surface area (Å²) in [5, 5.41) is 20.3. The number of anilines is 1. The molecule has 8 nitrogen and oxygen atoms in total. The van der Waals surface area contributed by atoms with E-state index in [9.17, 15) is 14.0 Å². The Morgan fingerprint density at radius 1 is 1.21 bits per heavy atom. The third kappa shape index (κ3) is 3.78. The van der Waals surface area contributed by atoms with Gasteiger partial charge < -0.3 is 10.4 Å². The van der Waals surface area contributed by atoms with Gasteiger partial charge in [0.2, 0.25) is 0 Å². The number of carbonyl (C=O) groups is 2. The lowest BCUT2D eigenvalue weighted by atomic mass is 10.2. The first-order valence-corrected chi connectivity index (χ1v) is 8.64. The number of nitrogens with zero attached hydrogens (tertiary/aromatic N) is 4. The number of nitrogens with one attached hydrogen (secondary N) is 1. The van der Waals surface area contributed by atoms with E-state index in [0.717, 1.165) is 15.9 Å². The molecule has 146 valence electrons. The number of carboxylic acids is 1. The van der Waals surface area contributed by atoms with Crippen LogP contribution in [-0.2, 0) is 11.3 Å². The minimum atomic E-state index is -1.09.